The Kier molecular flexibility index (Phi) is 8.22. The second-order valence-corrected chi connectivity index (χ2v) is 9.67. The zero-order chi connectivity index (χ0) is 24.8. The van der Waals surface area contributed by atoms with E-state index in [9.17, 15) is 4.79 Å². The zero-order valence-electron chi connectivity index (χ0n) is 18.9. The van der Waals surface area contributed by atoms with Crippen LogP contribution in [0.5, 0.6) is 5.75 Å². The molecule has 1 aromatic heterocycles. The molecule has 0 radical (unpaired) electrons. The minimum Gasteiger partial charge on any atom is -0.497 e. The maximum absolute atomic E-state index is 12.5. The molecule has 4 rings (SSSR count). The van der Waals surface area contributed by atoms with Crippen molar-refractivity contribution in [1.82, 2.24) is 20.2 Å². The number of halogens is 2. The van der Waals surface area contributed by atoms with Gasteiger partial charge in [-0.25, -0.2) is 5.43 Å². The van der Waals surface area contributed by atoms with Crippen molar-refractivity contribution in [3.63, 3.8) is 0 Å². The van der Waals surface area contributed by atoms with Gasteiger partial charge in [-0.05, 0) is 73.2 Å². The van der Waals surface area contributed by atoms with Crippen molar-refractivity contribution in [2.24, 2.45) is 5.10 Å². The monoisotopic (exact) mass is 569 g/mol. The molecular weight excluding hydrogens is 550 g/mol. The summed E-state index contributed by atoms with van der Waals surface area (Å²) in [5.74, 6) is 1.25. The quantitative estimate of drug-likeness (QED) is 0.160. The summed E-state index contributed by atoms with van der Waals surface area (Å²) >= 11 is 10.8. The van der Waals surface area contributed by atoms with Crippen molar-refractivity contribution >= 4 is 50.9 Å². The van der Waals surface area contributed by atoms with Gasteiger partial charge < -0.3 is 4.74 Å². The van der Waals surface area contributed by atoms with Crippen LogP contribution in [0, 0.1) is 0 Å². The summed E-state index contributed by atoms with van der Waals surface area (Å²) in [6.07, 6.45) is 0. The number of nitrogens with one attached hydrogen (secondary N) is 1. The predicted octanol–water partition coefficient (Wildman–Crippen LogP) is 5.99. The van der Waals surface area contributed by atoms with Crippen LogP contribution in [0.2, 0.25) is 5.02 Å². The summed E-state index contributed by atoms with van der Waals surface area (Å²) in [4.78, 5) is 12.5. The molecule has 1 heterocycles. The van der Waals surface area contributed by atoms with Gasteiger partial charge in [0.2, 0.25) is 0 Å². The number of amides is 1. The fraction of sp³-hybridized carbons (Fsp3) is 0.120. The van der Waals surface area contributed by atoms with Crippen LogP contribution in [-0.2, 0) is 4.79 Å². The third-order valence-electron chi connectivity index (χ3n) is 4.99. The summed E-state index contributed by atoms with van der Waals surface area (Å²) in [5, 5.41) is 14.2. The molecule has 1 amide bonds. The van der Waals surface area contributed by atoms with Crippen LogP contribution >= 0.6 is 39.3 Å². The Labute approximate surface area is 220 Å². The number of benzene rings is 3. The Morgan fingerprint density at radius 1 is 1.11 bits per heavy atom. The second-order valence-electron chi connectivity index (χ2n) is 7.38. The van der Waals surface area contributed by atoms with E-state index in [2.05, 4.69) is 36.7 Å². The van der Waals surface area contributed by atoms with Crippen molar-refractivity contribution in [2.45, 2.75) is 12.1 Å². The number of rotatable bonds is 8. The lowest BCUT2D eigenvalue weighted by molar-refractivity contribution is -0.118. The highest BCUT2D eigenvalue weighted by Crippen LogP contribution is 2.29. The Bertz CT molecular complexity index is 1360. The molecule has 0 unspecified atom stereocenters. The van der Waals surface area contributed by atoms with E-state index >= 15 is 0 Å². The van der Waals surface area contributed by atoms with Gasteiger partial charge in [-0.3, -0.25) is 9.36 Å². The van der Waals surface area contributed by atoms with Gasteiger partial charge in [0.15, 0.2) is 11.0 Å². The molecule has 0 aliphatic carbocycles. The number of hydrazone groups is 1. The molecule has 7 nitrogen and oxygen atoms in total. The molecule has 178 valence electrons. The van der Waals surface area contributed by atoms with E-state index in [1.165, 1.54) is 11.8 Å². The summed E-state index contributed by atoms with van der Waals surface area (Å²) in [6.45, 7) is 1.84. The highest BCUT2D eigenvalue weighted by atomic mass is 79.9. The first-order valence-electron chi connectivity index (χ1n) is 10.5. The Balaban J connectivity index is 1.54. The second kappa shape index (κ2) is 11.5. The van der Waals surface area contributed by atoms with Crippen LogP contribution in [0.3, 0.4) is 0 Å². The van der Waals surface area contributed by atoms with Gasteiger partial charge in [0.05, 0.1) is 18.6 Å². The SMILES string of the molecule is COc1ccc(-c2nnc(SCC(=O)NN=C(C)c3cccc(Br)c3)n2-c2ccc(Cl)cc2)cc1. The minimum absolute atomic E-state index is 0.115. The average molecular weight is 571 g/mol. The van der Waals surface area contributed by atoms with Gasteiger partial charge >= 0.3 is 0 Å². The molecular formula is C25H21BrClN5O2S. The third-order valence-corrected chi connectivity index (χ3v) is 6.66. The molecule has 0 spiro atoms. The molecule has 0 saturated heterocycles. The number of thioether (sulfide) groups is 1. The van der Waals surface area contributed by atoms with E-state index in [-0.39, 0.29) is 11.7 Å². The highest BCUT2D eigenvalue weighted by Gasteiger charge is 2.17. The van der Waals surface area contributed by atoms with Crippen molar-refractivity contribution in [1.29, 1.82) is 0 Å². The maximum atomic E-state index is 12.5. The first kappa shape index (κ1) is 25.0. The number of hydrogen-bond acceptors (Lipinski definition) is 6. The smallest absolute Gasteiger partial charge is 0.250 e. The van der Waals surface area contributed by atoms with Crippen molar-refractivity contribution in [2.75, 3.05) is 12.9 Å². The Morgan fingerprint density at radius 3 is 2.54 bits per heavy atom. The van der Waals surface area contributed by atoms with Gasteiger partial charge in [0.25, 0.3) is 5.91 Å². The summed E-state index contributed by atoms with van der Waals surface area (Å²) in [7, 11) is 1.62. The van der Waals surface area contributed by atoms with Gasteiger partial charge in [0.1, 0.15) is 5.75 Å². The lowest BCUT2D eigenvalue weighted by atomic mass is 10.1. The van der Waals surface area contributed by atoms with Crippen molar-refractivity contribution in [3.8, 4) is 22.8 Å². The minimum atomic E-state index is -0.249. The van der Waals surface area contributed by atoms with Gasteiger partial charge in [-0.15, -0.1) is 10.2 Å². The van der Waals surface area contributed by atoms with E-state index in [1.807, 2.05) is 72.2 Å². The first-order valence-corrected chi connectivity index (χ1v) is 12.7. The molecule has 0 aliphatic rings. The lowest BCUT2D eigenvalue weighted by Gasteiger charge is -2.11. The summed E-state index contributed by atoms with van der Waals surface area (Å²) in [6, 6.07) is 22.6. The van der Waals surface area contributed by atoms with E-state index in [0.717, 1.165) is 27.0 Å². The van der Waals surface area contributed by atoms with Crippen molar-refractivity contribution in [3.05, 3.63) is 87.9 Å². The molecule has 35 heavy (non-hydrogen) atoms. The number of carbonyl (C=O) groups excluding carboxylic acids is 1. The Morgan fingerprint density at radius 2 is 1.86 bits per heavy atom. The van der Waals surface area contributed by atoms with Crippen LogP contribution in [0.4, 0.5) is 0 Å². The van der Waals surface area contributed by atoms with Crippen LogP contribution in [0.1, 0.15) is 12.5 Å². The van der Waals surface area contributed by atoms with Crippen molar-refractivity contribution < 1.29 is 9.53 Å². The molecule has 0 atom stereocenters. The number of nitrogens with zero attached hydrogens (tertiary/aromatic N) is 4. The van der Waals surface area contributed by atoms with Crippen LogP contribution in [0.25, 0.3) is 17.1 Å². The molecule has 1 N–H and O–H groups in total. The standard InChI is InChI=1S/C25H21BrClN5O2S/c1-16(18-4-3-5-19(26)14-18)28-29-23(33)15-35-25-31-30-24(17-6-12-22(34-2)13-7-17)32(25)21-10-8-20(27)9-11-21/h3-14H,15H2,1-2H3,(H,29,33). The average Bonchev–Trinajstić information content (AvgIpc) is 3.30. The van der Waals surface area contributed by atoms with Crippen LogP contribution in [-0.4, -0.2) is 39.2 Å². The maximum Gasteiger partial charge on any atom is 0.250 e. The van der Waals surface area contributed by atoms with Crippen LogP contribution in [0.15, 0.2) is 87.5 Å². The summed E-state index contributed by atoms with van der Waals surface area (Å²) in [5.41, 5.74) is 5.92. The first-order chi connectivity index (χ1) is 16.9. The number of methoxy groups -OCH3 is 1. The van der Waals surface area contributed by atoms with Crippen LogP contribution < -0.4 is 10.2 Å². The number of carbonyl (C=O) groups is 1. The zero-order valence-corrected chi connectivity index (χ0v) is 22.1. The number of ether oxygens (including phenoxy) is 1. The molecule has 10 heteroatoms. The molecule has 0 bridgehead atoms. The van der Waals surface area contributed by atoms with E-state index in [4.69, 9.17) is 16.3 Å². The number of aromatic nitrogens is 3. The molecule has 4 aromatic rings. The molecule has 0 saturated carbocycles. The van der Waals surface area contributed by atoms with E-state index in [0.29, 0.717) is 21.7 Å². The highest BCUT2D eigenvalue weighted by molar-refractivity contribution is 9.10. The molecule has 3 aromatic carbocycles. The summed E-state index contributed by atoms with van der Waals surface area (Å²) < 4.78 is 8.10. The molecule has 0 aliphatic heterocycles. The largest absolute Gasteiger partial charge is 0.497 e. The number of hydrogen-bond donors (Lipinski definition) is 1. The van der Waals surface area contributed by atoms with E-state index in [1.54, 1.807) is 19.2 Å². The van der Waals surface area contributed by atoms with E-state index < -0.39 is 0 Å². The predicted molar refractivity (Wildman–Crippen MR) is 144 cm³/mol. The van der Waals surface area contributed by atoms with Gasteiger partial charge in [-0.1, -0.05) is 51.4 Å². The third kappa shape index (κ3) is 6.30. The van der Waals surface area contributed by atoms with Gasteiger partial charge in [0, 0.05) is 20.7 Å². The fourth-order valence-corrected chi connectivity index (χ4v) is 4.47. The molecule has 0 fully saturated rings. The van der Waals surface area contributed by atoms with Gasteiger partial charge in [-0.2, -0.15) is 5.10 Å². The normalized spacial score (nSPS) is 11.4. The fourth-order valence-electron chi connectivity index (χ4n) is 3.20. The topological polar surface area (TPSA) is 81.4 Å². The lowest BCUT2D eigenvalue weighted by Crippen LogP contribution is -2.21. The Hall–Kier alpha value is -3.14.